The molecule has 0 amide bonds. The fourth-order valence-electron chi connectivity index (χ4n) is 4.91. The van der Waals surface area contributed by atoms with E-state index >= 15 is 0 Å². The van der Waals surface area contributed by atoms with Crippen LogP contribution in [0.3, 0.4) is 0 Å². The van der Waals surface area contributed by atoms with Gasteiger partial charge in [-0.1, -0.05) is 43.8 Å². The largest absolute Gasteiger partial charge is 0.516 e. The lowest BCUT2D eigenvalue weighted by atomic mass is 9.89. The molecule has 0 spiro atoms. The molecule has 1 heterocycles. The Morgan fingerprint density at radius 1 is 1.18 bits per heavy atom. The number of esters is 1. The molecule has 0 radical (unpaired) electrons. The number of hydrogen-bond acceptors (Lipinski definition) is 12. The molecule has 12 heteroatoms. The molecule has 1 aliphatic rings. The number of carbonyl (C=O) groups is 3. The molecule has 11 nitrogen and oxygen atoms in total. The second kappa shape index (κ2) is 16.7. The van der Waals surface area contributed by atoms with Crippen LogP contribution in [0, 0.1) is 0 Å². The van der Waals surface area contributed by atoms with Crippen LogP contribution in [0.1, 0.15) is 79.8 Å². The zero-order chi connectivity index (χ0) is 33.1. The highest BCUT2D eigenvalue weighted by Crippen LogP contribution is 2.33. The molecule has 0 saturated carbocycles. The number of rotatable bonds is 15. The number of aliphatic hydroxyl groups excluding tert-OH is 1. The van der Waals surface area contributed by atoms with Gasteiger partial charge < -0.3 is 33.6 Å². The number of methoxy groups -OCH3 is 2. The first-order valence-corrected chi connectivity index (χ1v) is 15.0. The van der Waals surface area contributed by atoms with Gasteiger partial charge in [0.15, 0.2) is 11.2 Å². The number of phenolic OH excluding ortho intramolecular Hbond substituents is 1. The van der Waals surface area contributed by atoms with Crippen molar-refractivity contribution in [2.75, 3.05) is 20.8 Å². The normalized spacial score (nSPS) is 13.7. The second-order valence-electron chi connectivity index (χ2n) is 10.4. The summed E-state index contributed by atoms with van der Waals surface area (Å²) in [6.45, 7) is 3.50. The number of aromatic hydroxyl groups is 1. The summed E-state index contributed by atoms with van der Waals surface area (Å²) in [6, 6.07) is 3.16. The minimum absolute atomic E-state index is 0.0533. The van der Waals surface area contributed by atoms with E-state index in [1.807, 2.05) is 6.92 Å². The molecule has 1 aromatic heterocycles. The van der Waals surface area contributed by atoms with E-state index in [0.717, 1.165) is 13.5 Å². The number of hydrogen-bond donors (Lipinski definition) is 2. The van der Waals surface area contributed by atoms with Gasteiger partial charge in [-0.2, -0.15) is 0 Å². The van der Waals surface area contributed by atoms with Crippen LogP contribution in [0.15, 0.2) is 33.5 Å². The summed E-state index contributed by atoms with van der Waals surface area (Å²) in [5, 5.41) is 22.1. The van der Waals surface area contributed by atoms with Crippen LogP contribution < -0.4 is 25.5 Å². The molecule has 2 N–H and O–H groups in total. The van der Waals surface area contributed by atoms with Gasteiger partial charge in [-0.05, 0) is 50.8 Å². The third-order valence-corrected chi connectivity index (χ3v) is 7.46. The number of phenols is 1. The molecule has 1 aliphatic carbocycles. The van der Waals surface area contributed by atoms with Gasteiger partial charge in [-0.15, -0.1) is 0 Å². The molecule has 0 bridgehead atoms. The Kier molecular flexibility index (Phi) is 13.1. The van der Waals surface area contributed by atoms with Crippen LogP contribution in [-0.4, -0.2) is 59.9 Å². The molecule has 0 fully saturated rings. The zero-order valence-corrected chi connectivity index (χ0v) is 26.6. The molecule has 2 atom stereocenters. The van der Waals surface area contributed by atoms with Gasteiger partial charge in [0.1, 0.15) is 16.9 Å². The molecule has 0 saturated heterocycles. The monoisotopic (exact) mass is 642 g/mol. The highest BCUT2D eigenvalue weighted by molar-refractivity contribution is 7.81. The number of ether oxygens (including phenoxy) is 4. The van der Waals surface area contributed by atoms with Gasteiger partial charge in [-0.3, -0.25) is 14.4 Å². The maximum absolute atomic E-state index is 13.8. The van der Waals surface area contributed by atoms with Crippen molar-refractivity contribution in [3.05, 3.63) is 61.8 Å². The van der Waals surface area contributed by atoms with E-state index in [4.69, 9.17) is 26.1 Å². The number of thiocarbonyl (C=S) groups is 1. The Morgan fingerprint density at radius 2 is 1.93 bits per heavy atom. The maximum Gasteiger partial charge on any atom is 0.516 e. The van der Waals surface area contributed by atoms with Gasteiger partial charge in [0, 0.05) is 29.2 Å². The third kappa shape index (κ3) is 9.11. The molecule has 1 aromatic carbocycles. The number of benzene rings is 1. The summed E-state index contributed by atoms with van der Waals surface area (Å²) >= 11 is 5.24. The molecule has 2 aromatic rings. The second-order valence-corrected chi connectivity index (χ2v) is 10.9. The maximum atomic E-state index is 13.8. The molecular weight excluding hydrogens is 604 g/mol. The Hall–Kier alpha value is -4.29. The smallest absolute Gasteiger partial charge is 0.507 e. The Labute approximate surface area is 265 Å². The van der Waals surface area contributed by atoms with Gasteiger partial charge in [0.05, 0.1) is 43.3 Å². The molecule has 242 valence electrons. The summed E-state index contributed by atoms with van der Waals surface area (Å²) in [7, 11) is 2.37. The number of fused-ring (bicyclic) bond motifs is 1. The SMILES string of the molecule is CCCc1c(OCC/C=C\C(c2c(OC(=O)OC)oc3c(c2=O)=CCC(=S)C=3)C(O)CCCC(=O)OC)ccc(C(C)=O)c1O. The van der Waals surface area contributed by atoms with E-state index in [1.54, 1.807) is 24.3 Å². The first kappa shape index (κ1) is 35.2. The highest BCUT2D eigenvalue weighted by atomic mass is 32.1. The fourth-order valence-corrected chi connectivity index (χ4v) is 5.10. The lowest BCUT2D eigenvalue weighted by Gasteiger charge is -2.21. The summed E-state index contributed by atoms with van der Waals surface area (Å²) in [6.07, 6.45) is 6.42. The fraction of sp³-hybridized carbons (Fsp3) is 0.424. The summed E-state index contributed by atoms with van der Waals surface area (Å²) < 4.78 is 26.3. The number of Topliss-reactive ketones (excluding diaryl/α,β-unsaturated/α-hetero) is 1. The van der Waals surface area contributed by atoms with E-state index in [2.05, 4.69) is 9.47 Å². The minimum Gasteiger partial charge on any atom is -0.507 e. The molecule has 45 heavy (non-hydrogen) atoms. The van der Waals surface area contributed by atoms with E-state index in [0.29, 0.717) is 35.4 Å². The topological polar surface area (TPSA) is 159 Å². The summed E-state index contributed by atoms with van der Waals surface area (Å²) in [4.78, 5) is 50.0. The van der Waals surface area contributed by atoms with Crippen LogP contribution in [0.5, 0.6) is 17.4 Å². The summed E-state index contributed by atoms with van der Waals surface area (Å²) in [5.41, 5.74) is 0.265. The Balaban J connectivity index is 1.95. The van der Waals surface area contributed by atoms with Crippen LogP contribution in [-0.2, 0) is 20.7 Å². The van der Waals surface area contributed by atoms with Crippen LogP contribution in [0.25, 0.3) is 12.2 Å². The minimum atomic E-state index is -1.19. The third-order valence-electron chi connectivity index (χ3n) is 7.18. The molecule has 3 rings (SSSR count). The zero-order valence-electron chi connectivity index (χ0n) is 25.8. The molecule has 0 aliphatic heterocycles. The van der Waals surface area contributed by atoms with E-state index in [-0.39, 0.29) is 59.2 Å². The van der Waals surface area contributed by atoms with E-state index in [1.165, 1.54) is 26.2 Å². The van der Waals surface area contributed by atoms with Crippen molar-refractivity contribution in [2.45, 2.75) is 70.8 Å². The number of carbonyl (C=O) groups excluding carboxylic acids is 3. The van der Waals surface area contributed by atoms with Crippen molar-refractivity contribution < 1.29 is 48.0 Å². The predicted octanol–water partition coefficient (Wildman–Crippen LogP) is 3.79. The highest BCUT2D eigenvalue weighted by Gasteiger charge is 2.30. The molecule has 2 unspecified atom stereocenters. The van der Waals surface area contributed by atoms with Crippen LogP contribution in [0.2, 0.25) is 0 Å². The van der Waals surface area contributed by atoms with Crippen molar-refractivity contribution in [3.8, 4) is 17.4 Å². The predicted molar refractivity (Wildman–Crippen MR) is 169 cm³/mol. The van der Waals surface area contributed by atoms with E-state index < -0.39 is 35.5 Å². The quantitative estimate of drug-likeness (QED) is 0.0953. The van der Waals surface area contributed by atoms with Crippen molar-refractivity contribution in [3.63, 3.8) is 0 Å². The number of ketones is 1. The van der Waals surface area contributed by atoms with Crippen LogP contribution >= 0.6 is 12.2 Å². The van der Waals surface area contributed by atoms with Crippen molar-refractivity contribution in [1.82, 2.24) is 0 Å². The molecular formula is C33H38O11S. The van der Waals surface area contributed by atoms with Gasteiger partial charge in [0.2, 0.25) is 0 Å². The Morgan fingerprint density at radius 3 is 2.60 bits per heavy atom. The first-order valence-electron chi connectivity index (χ1n) is 14.6. The average molecular weight is 643 g/mol. The van der Waals surface area contributed by atoms with Crippen LogP contribution in [0.4, 0.5) is 4.79 Å². The lowest BCUT2D eigenvalue weighted by molar-refractivity contribution is -0.140. The van der Waals surface area contributed by atoms with E-state index in [9.17, 15) is 29.4 Å². The van der Waals surface area contributed by atoms with Gasteiger partial charge in [0.25, 0.3) is 0 Å². The van der Waals surface area contributed by atoms with Gasteiger partial charge in [-0.25, -0.2) is 4.79 Å². The number of aliphatic hydroxyl groups is 1. The van der Waals surface area contributed by atoms with Crippen molar-refractivity contribution >= 4 is 47.1 Å². The summed E-state index contributed by atoms with van der Waals surface area (Å²) in [5.74, 6) is -1.80. The lowest BCUT2D eigenvalue weighted by Crippen LogP contribution is -2.44. The standard InChI is InChI=1S/C33H38O11S/c1-5-9-23-26(16-15-21(19(2)34)30(23)37)42-17-7-6-10-22(25(35)11-8-12-28(36)40-3)29-31(38)24-14-13-20(45)18-27(24)43-32(29)44-33(39)41-4/h6,10,14-16,18,22,25,35,37H,5,7-9,11-13,17H2,1-4H3/b10-6-. The first-order chi connectivity index (χ1) is 21.5. The average Bonchev–Trinajstić information content (AvgIpc) is 3.00. The van der Waals surface area contributed by atoms with Crippen molar-refractivity contribution in [1.29, 1.82) is 0 Å². The van der Waals surface area contributed by atoms with Gasteiger partial charge >= 0.3 is 18.1 Å². The Bertz CT molecular complexity index is 1640. The van der Waals surface area contributed by atoms with Crippen molar-refractivity contribution in [2.24, 2.45) is 0 Å².